The van der Waals surface area contributed by atoms with Crippen molar-refractivity contribution in [2.75, 3.05) is 5.43 Å². The van der Waals surface area contributed by atoms with Crippen molar-refractivity contribution in [1.29, 1.82) is 5.26 Å². The number of anilines is 1. The number of halogens is 1. The number of aromatic nitrogens is 2. The maximum absolute atomic E-state index is 13.7. The Morgan fingerprint density at radius 3 is 2.91 bits per heavy atom. The molecule has 2 unspecified atom stereocenters. The third kappa shape index (κ3) is 2.75. The van der Waals surface area contributed by atoms with Crippen molar-refractivity contribution in [3.63, 3.8) is 0 Å². The molecule has 0 bridgehead atoms. The first-order chi connectivity index (χ1) is 11.0. The summed E-state index contributed by atoms with van der Waals surface area (Å²) < 4.78 is 15.2. The molecule has 23 heavy (non-hydrogen) atoms. The lowest BCUT2D eigenvalue weighted by Gasteiger charge is -2.09. The van der Waals surface area contributed by atoms with Crippen LogP contribution in [0.5, 0.6) is 0 Å². The van der Waals surface area contributed by atoms with Gasteiger partial charge in [-0.15, -0.1) is 0 Å². The second kappa shape index (κ2) is 5.72. The van der Waals surface area contributed by atoms with E-state index in [-0.39, 0.29) is 23.6 Å². The summed E-state index contributed by atoms with van der Waals surface area (Å²) in [7, 11) is 1.68. The van der Waals surface area contributed by atoms with E-state index in [1.165, 1.54) is 10.7 Å². The number of nitrogens with one attached hydrogen (secondary N) is 2. The second-order valence-corrected chi connectivity index (χ2v) is 5.63. The van der Waals surface area contributed by atoms with E-state index in [9.17, 15) is 9.18 Å². The molecular formula is C16H16FN5O. The number of aryl methyl sites for hydroxylation is 2. The zero-order valence-electron chi connectivity index (χ0n) is 12.8. The second-order valence-electron chi connectivity index (χ2n) is 5.63. The van der Waals surface area contributed by atoms with Gasteiger partial charge in [-0.05, 0) is 30.9 Å². The molecule has 0 saturated heterocycles. The Balaban J connectivity index is 1.64. The van der Waals surface area contributed by atoms with Crippen LogP contribution in [0.25, 0.3) is 0 Å². The van der Waals surface area contributed by atoms with Gasteiger partial charge in [-0.25, -0.2) is 4.39 Å². The average Bonchev–Trinajstić information content (AvgIpc) is 3.26. The van der Waals surface area contributed by atoms with Crippen LogP contribution >= 0.6 is 0 Å². The summed E-state index contributed by atoms with van der Waals surface area (Å²) in [6.07, 6.45) is 0.615. The van der Waals surface area contributed by atoms with Crippen LogP contribution in [0.2, 0.25) is 0 Å². The lowest BCUT2D eigenvalue weighted by atomic mass is 10.1. The summed E-state index contributed by atoms with van der Waals surface area (Å²) in [6, 6.07) is 8.55. The van der Waals surface area contributed by atoms with Crippen molar-refractivity contribution in [2.24, 2.45) is 13.0 Å². The van der Waals surface area contributed by atoms with Crippen molar-refractivity contribution in [3.8, 4) is 6.07 Å². The molecule has 2 N–H and O–H groups in total. The van der Waals surface area contributed by atoms with Gasteiger partial charge in [0.2, 0.25) is 5.91 Å². The highest BCUT2D eigenvalue weighted by Crippen LogP contribution is 2.48. The number of hydrazine groups is 1. The van der Waals surface area contributed by atoms with Crippen LogP contribution in [0.3, 0.4) is 0 Å². The molecule has 2 atom stereocenters. The Morgan fingerprint density at radius 1 is 1.48 bits per heavy atom. The minimum Gasteiger partial charge on any atom is -0.281 e. The molecule has 0 aliphatic heterocycles. The van der Waals surface area contributed by atoms with Crippen molar-refractivity contribution >= 4 is 11.7 Å². The van der Waals surface area contributed by atoms with Gasteiger partial charge in [0.1, 0.15) is 17.4 Å². The Hall–Kier alpha value is -2.88. The molecule has 1 aliphatic rings. The van der Waals surface area contributed by atoms with Gasteiger partial charge >= 0.3 is 0 Å². The molecule has 1 heterocycles. The van der Waals surface area contributed by atoms with E-state index in [0.717, 1.165) is 0 Å². The number of benzene rings is 1. The fraction of sp³-hybridized carbons (Fsp3) is 0.312. The van der Waals surface area contributed by atoms with Gasteiger partial charge in [0.05, 0.1) is 5.69 Å². The zero-order valence-corrected chi connectivity index (χ0v) is 12.8. The summed E-state index contributed by atoms with van der Waals surface area (Å²) >= 11 is 0. The maximum atomic E-state index is 13.7. The zero-order chi connectivity index (χ0) is 16.6. The van der Waals surface area contributed by atoms with Gasteiger partial charge < -0.3 is 0 Å². The van der Waals surface area contributed by atoms with Gasteiger partial charge in [0.25, 0.3) is 0 Å². The molecule has 1 fully saturated rings. The normalized spacial score (nSPS) is 19.0. The summed E-state index contributed by atoms with van der Waals surface area (Å²) in [5, 5.41) is 13.2. The van der Waals surface area contributed by atoms with Gasteiger partial charge in [-0.1, -0.05) is 18.2 Å². The number of rotatable bonds is 4. The number of hydrogen-bond acceptors (Lipinski definition) is 4. The topological polar surface area (TPSA) is 82.7 Å². The fourth-order valence-corrected chi connectivity index (χ4v) is 2.75. The van der Waals surface area contributed by atoms with Crippen molar-refractivity contribution in [1.82, 2.24) is 15.2 Å². The van der Waals surface area contributed by atoms with E-state index in [4.69, 9.17) is 5.26 Å². The summed E-state index contributed by atoms with van der Waals surface area (Å²) in [5.41, 5.74) is 6.87. The molecule has 1 aromatic carbocycles. The van der Waals surface area contributed by atoms with Crippen LogP contribution in [0.1, 0.15) is 29.2 Å². The van der Waals surface area contributed by atoms with E-state index in [2.05, 4.69) is 16.0 Å². The molecule has 0 spiro atoms. The monoisotopic (exact) mass is 313 g/mol. The van der Waals surface area contributed by atoms with Crippen LogP contribution in [0.4, 0.5) is 10.2 Å². The third-order valence-electron chi connectivity index (χ3n) is 4.07. The van der Waals surface area contributed by atoms with Crippen LogP contribution in [0.15, 0.2) is 24.3 Å². The number of nitrogens with zero attached hydrogens (tertiary/aromatic N) is 3. The van der Waals surface area contributed by atoms with Crippen LogP contribution in [-0.2, 0) is 11.8 Å². The first-order valence-corrected chi connectivity index (χ1v) is 7.27. The number of carbonyl (C=O) groups is 1. The highest BCUT2D eigenvalue weighted by Gasteiger charge is 2.45. The quantitative estimate of drug-likeness (QED) is 0.846. The number of nitriles is 1. The molecule has 6 nitrogen and oxygen atoms in total. The molecule has 2 aromatic rings. The Labute approximate surface area is 132 Å². The predicted octanol–water partition coefficient (Wildman–Crippen LogP) is 1.99. The average molecular weight is 313 g/mol. The molecule has 1 aliphatic carbocycles. The smallest absolute Gasteiger partial charge is 0.242 e. The SMILES string of the molecule is Cc1nn(C)c(NNC(=O)C2CC2c2ccccc2F)c1C#N. The molecular weight excluding hydrogens is 297 g/mol. The molecule has 3 rings (SSSR count). The van der Waals surface area contributed by atoms with E-state index in [1.807, 2.05) is 6.07 Å². The van der Waals surface area contributed by atoms with E-state index < -0.39 is 0 Å². The lowest BCUT2D eigenvalue weighted by molar-refractivity contribution is -0.121. The van der Waals surface area contributed by atoms with Gasteiger partial charge in [-0.2, -0.15) is 10.4 Å². The largest absolute Gasteiger partial charge is 0.281 e. The van der Waals surface area contributed by atoms with Gasteiger partial charge in [0.15, 0.2) is 5.82 Å². The number of hydrogen-bond donors (Lipinski definition) is 2. The highest BCUT2D eigenvalue weighted by molar-refractivity contribution is 5.84. The number of carbonyl (C=O) groups excluding carboxylic acids is 1. The minimum absolute atomic E-state index is 0.0956. The van der Waals surface area contributed by atoms with Crippen molar-refractivity contribution in [3.05, 3.63) is 46.9 Å². The maximum Gasteiger partial charge on any atom is 0.242 e. The molecule has 0 radical (unpaired) electrons. The fourth-order valence-electron chi connectivity index (χ4n) is 2.75. The van der Waals surface area contributed by atoms with E-state index >= 15 is 0 Å². The molecule has 7 heteroatoms. The van der Waals surface area contributed by atoms with Crippen molar-refractivity contribution < 1.29 is 9.18 Å². The minimum atomic E-state index is -0.283. The Morgan fingerprint density at radius 2 is 2.22 bits per heavy atom. The summed E-state index contributed by atoms with van der Waals surface area (Å²) in [5.74, 6) is -0.432. The van der Waals surface area contributed by atoms with Crippen LogP contribution < -0.4 is 10.9 Å². The van der Waals surface area contributed by atoms with Gasteiger partial charge in [0, 0.05) is 13.0 Å². The number of amides is 1. The first-order valence-electron chi connectivity index (χ1n) is 7.27. The first kappa shape index (κ1) is 15.0. The lowest BCUT2D eigenvalue weighted by Crippen LogP contribution is -2.32. The van der Waals surface area contributed by atoms with Crippen molar-refractivity contribution in [2.45, 2.75) is 19.3 Å². The highest BCUT2D eigenvalue weighted by atomic mass is 19.1. The van der Waals surface area contributed by atoms with Gasteiger partial charge in [-0.3, -0.25) is 20.3 Å². The van der Waals surface area contributed by atoms with Crippen LogP contribution in [-0.4, -0.2) is 15.7 Å². The Kier molecular flexibility index (Phi) is 3.74. The predicted molar refractivity (Wildman–Crippen MR) is 81.7 cm³/mol. The molecule has 1 amide bonds. The third-order valence-corrected chi connectivity index (χ3v) is 4.07. The van der Waals surface area contributed by atoms with Crippen LogP contribution in [0, 0.1) is 30.0 Å². The molecule has 118 valence electrons. The summed E-state index contributed by atoms with van der Waals surface area (Å²) in [6.45, 7) is 1.72. The molecule has 1 aromatic heterocycles. The van der Waals surface area contributed by atoms with E-state index in [1.54, 1.807) is 32.2 Å². The standard InChI is InChI=1S/C16H16FN5O/c1-9-13(8-18)15(22(2)21-9)19-20-16(23)12-7-11(12)10-5-3-4-6-14(10)17/h3-6,11-12,19H,7H2,1-2H3,(H,20,23). The summed E-state index contributed by atoms with van der Waals surface area (Å²) in [4.78, 5) is 12.2. The Bertz CT molecular complexity index is 807. The molecule has 1 saturated carbocycles. The van der Waals surface area contributed by atoms with E-state index in [0.29, 0.717) is 29.1 Å².